The van der Waals surface area contributed by atoms with Crippen LogP contribution in [0, 0.1) is 17.7 Å². The molecule has 0 spiro atoms. The zero-order valence-corrected chi connectivity index (χ0v) is 17.8. The number of amides is 1. The van der Waals surface area contributed by atoms with Gasteiger partial charge in [-0.2, -0.15) is 0 Å². The summed E-state index contributed by atoms with van der Waals surface area (Å²) in [6.45, 7) is 4.05. The Labute approximate surface area is 189 Å². The van der Waals surface area contributed by atoms with Crippen molar-refractivity contribution < 1.29 is 18.7 Å². The summed E-state index contributed by atoms with van der Waals surface area (Å²) in [5.41, 5.74) is 1.68. The van der Waals surface area contributed by atoms with Gasteiger partial charge in [-0.05, 0) is 36.3 Å². The highest BCUT2D eigenvalue weighted by Gasteiger charge is 2.11. The third kappa shape index (κ3) is 5.88. The quantitative estimate of drug-likeness (QED) is 0.248. The third-order valence-corrected chi connectivity index (χ3v) is 4.39. The molecule has 162 valence electrons. The van der Waals surface area contributed by atoms with Crippen LogP contribution in [0.4, 0.5) is 15.9 Å². The number of methoxy groups -OCH3 is 1. The molecule has 1 N–H and O–H groups in total. The number of ether oxygens (including phenoxy) is 2. The predicted octanol–water partition coefficient (Wildman–Crippen LogP) is 4.33. The monoisotopic (exact) mass is 452 g/mol. The molecule has 1 amide bonds. The number of nitrogens with zero attached hydrogens (tertiary/aromatic N) is 3. The molecule has 9 heteroatoms. The van der Waals surface area contributed by atoms with Crippen LogP contribution in [0.25, 0.3) is 10.9 Å². The average Bonchev–Trinajstić information content (AvgIpc) is 2.79. The number of nitrogens with one attached hydrogen (secondary N) is 1. The fourth-order valence-corrected chi connectivity index (χ4v) is 2.79. The second kappa shape index (κ2) is 11.0. The number of aliphatic imine (C=N–C) groups is 1. The third-order valence-electron chi connectivity index (χ3n) is 4.10. The molecule has 7 nitrogen and oxygen atoms in total. The molecule has 0 unspecified atom stereocenters. The van der Waals surface area contributed by atoms with Gasteiger partial charge in [0.25, 0.3) is 5.91 Å². The smallest absolute Gasteiger partial charge is 0.269 e. The van der Waals surface area contributed by atoms with Gasteiger partial charge in [0.1, 0.15) is 30.3 Å². The maximum Gasteiger partial charge on any atom is 0.269 e. The minimum absolute atomic E-state index is 0.0119. The molecular weight excluding hydrogens is 435 g/mol. The van der Waals surface area contributed by atoms with Crippen molar-refractivity contribution in [3.63, 3.8) is 0 Å². The summed E-state index contributed by atoms with van der Waals surface area (Å²) in [6, 6.07) is 7.75. The molecule has 0 atom stereocenters. The van der Waals surface area contributed by atoms with E-state index >= 15 is 0 Å². The average molecular weight is 453 g/mol. The van der Waals surface area contributed by atoms with Crippen molar-refractivity contribution in [3.8, 4) is 17.6 Å². The number of aromatic nitrogens is 2. The van der Waals surface area contributed by atoms with Crippen molar-refractivity contribution in [2.45, 2.75) is 0 Å². The molecule has 0 saturated heterocycles. The van der Waals surface area contributed by atoms with Crippen molar-refractivity contribution >= 4 is 46.1 Å². The molecule has 0 aliphatic rings. The minimum Gasteiger partial charge on any atom is -0.490 e. The molecule has 0 bridgehead atoms. The molecule has 3 aromatic rings. The second-order valence-electron chi connectivity index (χ2n) is 6.25. The number of rotatable bonds is 7. The Morgan fingerprint density at radius 3 is 2.91 bits per heavy atom. The largest absolute Gasteiger partial charge is 0.490 e. The van der Waals surface area contributed by atoms with Gasteiger partial charge in [0, 0.05) is 24.2 Å². The molecule has 1 heterocycles. The lowest BCUT2D eigenvalue weighted by Crippen LogP contribution is -2.06. The Morgan fingerprint density at radius 2 is 2.16 bits per heavy atom. The van der Waals surface area contributed by atoms with Crippen LogP contribution < -0.4 is 10.1 Å². The predicted molar refractivity (Wildman–Crippen MR) is 122 cm³/mol. The van der Waals surface area contributed by atoms with Gasteiger partial charge in [-0.1, -0.05) is 24.1 Å². The normalized spacial score (nSPS) is 10.6. The van der Waals surface area contributed by atoms with E-state index in [2.05, 4.69) is 38.7 Å². The summed E-state index contributed by atoms with van der Waals surface area (Å²) < 4.78 is 24.3. The van der Waals surface area contributed by atoms with E-state index in [-0.39, 0.29) is 5.02 Å². The Morgan fingerprint density at radius 1 is 1.31 bits per heavy atom. The fourth-order valence-electron chi connectivity index (χ4n) is 2.60. The highest BCUT2D eigenvalue weighted by molar-refractivity contribution is 6.31. The maximum absolute atomic E-state index is 13.5. The second-order valence-corrected chi connectivity index (χ2v) is 6.66. The molecular formula is C23H18ClFN4O3. The molecule has 1 aromatic heterocycles. The van der Waals surface area contributed by atoms with Crippen LogP contribution in [0.1, 0.15) is 5.56 Å². The molecule has 3 rings (SSSR count). The van der Waals surface area contributed by atoms with Crippen molar-refractivity contribution in [1.29, 1.82) is 0 Å². The zero-order chi connectivity index (χ0) is 22.9. The lowest BCUT2D eigenvalue weighted by molar-refractivity contribution is -0.113. The Bertz CT molecular complexity index is 1250. The Kier molecular flexibility index (Phi) is 7.86. The van der Waals surface area contributed by atoms with Gasteiger partial charge in [-0.3, -0.25) is 4.79 Å². The summed E-state index contributed by atoms with van der Waals surface area (Å²) in [6.07, 6.45) is 3.67. The molecule has 0 saturated carbocycles. The molecule has 0 fully saturated rings. The van der Waals surface area contributed by atoms with Crippen molar-refractivity contribution in [2.24, 2.45) is 4.99 Å². The van der Waals surface area contributed by atoms with Crippen LogP contribution >= 0.6 is 11.6 Å². The van der Waals surface area contributed by atoms with E-state index in [1.165, 1.54) is 24.7 Å². The van der Waals surface area contributed by atoms with E-state index in [4.69, 9.17) is 21.1 Å². The van der Waals surface area contributed by atoms with Crippen LogP contribution in [-0.4, -0.2) is 42.4 Å². The Hall–Kier alpha value is -3.80. The number of hydrogen-bond acceptors (Lipinski definition) is 6. The first-order chi connectivity index (χ1) is 15.5. The minimum atomic E-state index is -0.517. The van der Waals surface area contributed by atoms with E-state index in [0.29, 0.717) is 46.9 Å². The van der Waals surface area contributed by atoms with Crippen LogP contribution in [0.3, 0.4) is 0 Å². The van der Waals surface area contributed by atoms with Crippen LogP contribution in [0.2, 0.25) is 5.02 Å². The summed E-state index contributed by atoms with van der Waals surface area (Å²) >= 11 is 5.87. The van der Waals surface area contributed by atoms with E-state index < -0.39 is 11.7 Å². The summed E-state index contributed by atoms with van der Waals surface area (Å²) in [7, 11) is 1.57. The number of fused-ring (bicyclic) bond motifs is 1. The van der Waals surface area contributed by atoms with Crippen molar-refractivity contribution in [3.05, 3.63) is 65.7 Å². The SMILES string of the molecule is C=CC(=O)N=CC#Cc1cc2c(Nc3ccc(F)c(Cl)c3)ncnc2cc1OCCOC. The number of hydrogen-bond donors (Lipinski definition) is 1. The molecule has 0 aliphatic carbocycles. The zero-order valence-electron chi connectivity index (χ0n) is 17.1. The fraction of sp³-hybridized carbons (Fsp3) is 0.130. The van der Waals surface area contributed by atoms with Gasteiger partial charge in [0.2, 0.25) is 0 Å². The lowest BCUT2D eigenvalue weighted by atomic mass is 10.1. The summed E-state index contributed by atoms with van der Waals surface area (Å²) in [5.74, 6) is 5.56. The number of carbonyl (C=O) groups excluding carboxylic acids is 1. The first kappa shape index (κ1) is 22.9. The van der Waals surface area contributed by atoms with Crippen molar-refractivity contribution in [2.75, 3.05) is 25.6 Å². The summed E-state index contributed by atoms with van der Waals surface area (Å²) in [5, 5.41) is 3.75. The number of halogens is 2. The van der Waals surface area contributed by atoms with E-state index in [0.717, 1.165) is 6.08 Å². The van der Waals surface area contributed by atoms with E-state index in [9.17, 15) is 9.18 Å². The van der Waals surface area contributed by atoms with Crippen LogP contribution in [0.15, 0.2) is 54.3 Å². The van der Waals surface area contributed by atoms with Crippen LogP contribution in [-0.2, 0) is 9.53 Å². The topological polar surface area (TPSA) is 85.7 Å². The first-order valence-corrected chi connectivity index (χ1v) is 9.72. The van der Waals surface area contributed by atoms with Gasteiger partial charge >= 0.3 is 0 Å². The van der Waals surface area contributed by atoms with Gasteiger partial charge in [-0.15, -0.1) is 0 Å². The molecule has 0 aliphatic heterocycles. The number of carbonyl (C=O) groups is 1. The maximum atomic E-state index is 13.5. The lowest BCUT2D eigenvalue weighted by Gasteiger charge is -2.12. The van der Waals surface area contributed by atoms with Gasteiger partial charge in [0.15, 0.2) is 0 Å². The molecule has 2 aromatic carbocycles. The van der Waals surface area contributed by atoms with E-state index in [1.54, 1.807) is 25.3 Å². The number of benzene rings is 2. The summed E-state index contributed by atoms with van der Waals surface area (Å²) in [4.78, 5) is 23.4. The van der Waals surface area contributed by atoms with Gasteiger partial charge < -0.3 is 14.8 Å². The Balaban J connectivity index is 2.02. The van der Waals surface area contributed by atoms with Crippen molar-refractivity contribution in [1.82, 2.24) is 9.97 Å². The van der Waals surface area contributed by atoms with Crippen LogP contribution in [0.5, 0.6) is 5.75 Å². The highest BCUT2D eigenvalue weighted by atomic mass is 35.5. The standard InChI is InChI=1S/C23H18ClFN4O3/c1-3-22(30)26-8-4-5-15-11-17-20(13-21(15)32-10-9-31-2)27-14-28-23(17)29-16-6-7-19(25)18(24)12-16/h3,6-8,11-14H,1,9-10H2,2H3,(H,27,28,29). The molecule has 32 heavy (non-hydrogen) atoms. The van der Waals surface area contributed by atoms with E-state index in [1.807, 2.05) is 0 Å². The van der Waals surface area contributed by atoms with Gasteiger partial charge in [-0.25, -0.2) is 19.4 Å². The first-order valence-electron chi connectivity index (χ1n) is 9.35. The van der Waals surface area contributed by atoms with Gasteiger partial charge in [0.05, 0.1) is 28.9 Å². The number of anilines is 2. The highest BCUT2D eigenvalue weighted by Crippen LogP contribution is 2.30. The molecule has 0 radical (unpaired) electrons.